The number of rotatable bonds is 3. The van der Waals surface area contributed by atoms with Crippen LogP contribution in [-0.4, -0.2) is 47.7 Å². The van der Waals surface area contributed by atoms with E-state index in [1.54, 1.807) is 0 Å². The number of anilines is 1. The minimum absolute atomic E-state index is 0.0439. The Hall–Kier alpha value is -2.37. The molecule has 33 heavy (non-hydrogen) atoms. The van der Waals surface area contributed by atoms with Crippen LogP contribution in [0.2, 0.25) is 0 Å². The summed E-state index contributed by atoms with van der Waals surface area (Å²) in [6, 6.07) is 11.0. The summed E-state index contributed by atoms with van der Waals surface area (Å²) in [7, 11) is 4.25. The highest BCUT2D eigenvalue weighted by Gasteiger charge is 2.22. The second-order valence-electron chi connectivity index (χ2n) is 9.03. The molecule has 1 fully saturated rings. The average Bonchev–Trinajstić information content (AvgIpc) is 3.11. The molecule has 1 saturated heterocycles. The number of aryl methyl sites for hydroxylation is 4. The van der Waals surface area contributed by atoms with E-state index in [-0.39, 0.29) is 6.04 Å². The number of benzene rings is 1. The number of aromatic nitrogens is 2. The van der Waals surface area contributed by atoms with Crippen LogP contribution in [0.25, 0.3) is 10.9 Å². The summed E-state index contributed by atoms with van der Waals surface area (Å²) in [5.74, 6) is 1.09. The zero-order valence-corrected chi connectivity index (χ0v) is 22.4. The maximum Gasteiger partial charge on any atom is 0.134 e. The highest BCUT2D eigenvalue weighted by molar-refractivity contribution is 5.85. The molecule has 1 atom stereocenters. The summed E-state index contributed by atoms with van der Waals surface area (Å²) in [6.45, 7) is 18.8. The van der Waals surface area contributed by atoms with Gasteiger partial charge in [0.05, 0.1) is 5.52 Å². The van der Waals surface area contributed by atoms with Gasteiger partial charge in [-0.05, 0) is 71.0 Å². The van der Waals surface area contributed by atoms with Crippen molar-refractivity contribution in [3.8, 4) is 0 Å². The van der Waals surface area contributed by atoms with Crippen LogP contribution >= 0.6 is 0 Å². The molecule has 5 heteroatoms. The normalized spacial score (nSPS) is 14.9. The summed E-state index contributed by atoms with van der Waals surface area (Å²) in [4.78, 5) is 9.83. The van der Waals surface area contributed by atoms with Gasteiger partial charge in [-0.3, -0.25) is 0 Å². The fraction of sp³-hybridized carbons (Fsp3) is 0.536. The summed E-state index contributed by atoms with van der Waals surface area (Å²) >= 11 is 0. The van der Waals surface area contributed by atoms with Crippen molar-refractivity contribution in [2.75, 3.05) is 38.1 Å². The first-order chi connectivity index (χ1) is 15.7. The van der Waals surface area contributed by atoms with Crippen molar-refractivity contribution in [2.45, 2.75) is 60.9 Å². The molecule has 4 rings (SSSR count). The Morgan fingerprint density at radius 1 is 0.909 bits per heavy atom. The predicted molar refractivity (Wildman–Crippen MR) is 144 cm³/mol. The lowest BCUT2D eigenvalue weighted by molar-refractivity contribution is 0.311. The van der Waals surface area contributed by atoms with Crippen LogP contribution in [-0.2, 0) is 7.05 Å². The predicted octanol–water partition coefficient (Wildman–Crippen LogP) is 5.68. The number of nitrogens with zero attached hydrogens (tertiary/aromatic N) is 4. The van der Waals surface area contributed by atoms with Gasteiger partial charge in [-0.2, -0.15) is 0 Å². The second-order valence-corrected chi connectivity index (χ2v) is 9.03. The highest BCUT2D eigenvalue weighted by atomic mass is 15.3. The van der Waals surface area contributed by atoms with Gasteiger partial charge >= 0.3 is 0 Å². The molecule has 0 amide bonds. The quantitative estimate of drug-likeness (QED) is 0.556. The highest BCUT2D eigenvalue weighted by Crippen LogP contribution is 2.31. The van der Waals surface area contributed by atoms with E-state index in [4.69, 9.17) is 10.7 Å². The molecule has 3 heterocycles. The summed E-state index contributed by atoms with van der Waals surface area (Å²) in [5.41, 5.74) is 13.9. The van der Waals surface area contributed by atoms with Crippen molar-refractivity contribution in [1.82, 2.24) is 14.5 Å². The van der Waals surface area contributed by atoms with Crippen LogP contribution < -0.4 is 10.6 Å². The molecule has 2 aromatic heterocycles. The van der Waals surface area contributed by atoms with E-state index in [1.165, 1.54) is 33.5 Å². The lowest BCUT2D eigenvalue weighted by Gasteiger charge is -2.35. The van der Waals surface area contributed by atoms with Gasteiger partial charge < -0.3 is 20.1 Å². The smallest absolute Gasteiger partial charge is 0.134 e. The number of fused-ring (bicyclic) bond motifs is 1. The van der Waals surface area contributed by atoms with Crippen LogP contribution in [0.4, 0.5) is 5.82 Å². The van der Waals surface area contributed by atoms with Gasteiger partial charge in [0.1, 0.15) is 5.82 Å². The standard InChI is InChI=1S/C19H28N4.C7H11N.C2H6/c1-5-17(20)16-12-15-11-13(2)10-14(3)18(15)21-19(16)23-8-6-22(4)7-9-23;1-6-4-5-7(2)8(6)3;1-2/h10-12,17H,5-9,20H2,1-4H3;4-5H,1-3H3;1-2H3. The molecule has 0 bridgehead atoms. The van der Waals surface area contributed by atoms with Crippen LogP contribution in [0, 0.1) is 27.7 Å². The van der Waals surface area contributed by atoms with Crippen LogP contribution in [0.15, 0.2) is 30.3 Å². The first-order valence-electron chi connectivity index (χ1n) is 12.4. The topological polar surface area (TPSA) is 50.3 Å². The lowest BCUT2D eigenvalue weighted by atomic mass is 10.00. The molecular formula is C28H45N5. The van der Waals surface area contributed by atoms with E-state index < -0.39 is 0 Å². The molecule has 1 aromatic carbocycles. The molecule has 1 aliphatic heterocycles. The molecular weight excluding hydrogens is 406 g/mol. The number of piperazine rings is 1. The molecule has 182 valence electrons. The van der Waals surface area contributed by atoms with Crippen molar-refractivity contribution in [1.29, 1.82) is 0 Å². The number of hydrogen-bond acceptors (Lipinski definition) is 4. The van der Waals surface area contributed by atoms with Gasteiger partial charge in [-0.1, -0.05) is 32.4 Å². The monoisotopic (exact) mass is 451 g/mol. The molecule has 0 spiro atoms. The fourth-order valence-corrected chi connectivity index (χ4v) is 4.17. The van der Waals surface area contributed by atoms with E-state index in [1.807, 2.05) is 13.8 Å². The fourth-order valence-electron chi connectivity index (χ4n) is 4.17. The van der Waals surface area contributed by atoms with Crippen molar-refractivity contribution in [3.63, 3.8) is 0 Å². The van der Waals surface area contributed by atoms with E-state index in [9.17, 15) is 0 Å². The Bertz CT molecular complexity index is 1010. The van der Waals surface area contributed by atoms with Crippen molar-refractivity contribution in [2.24, 2.45) is 12.8 Å². The third kappa shape index (κ3) is 6.58. The van der Waals surface area contributed by atoms with Crippen molar-refractivity contribution >= 4 is 16.7 Å². The Morgan fingerprint density at radius 2 is 1.48 bits per heavy atom. The molecule has 0 radical (unpaired) electrons. The van der Waals surface area contributed by atoms with E-state index in [0.29, 0.717) is 0 Å². The number of likely N-dealkylation sites (N-methyl/N-ethyl adjacent to an activating group) is 1. The maximum atomic E-state index is 6.42. The average molecular weight is 452 g/mol. The molecule has 0 saturated carbocycles. The summed E-state index contributed by atoms with van der Waals surface area (Å²) in [6.07, 6.45) is 0.929. The molecule has 2 N–H and O–H groups in total. The number of hydrogen-bond donors (Lipinski definition) is 1. The first kappa shape index (κ1) is 26.9. The van der Waals surface area contributed by atoms with E-state index in [2.05, 4.69) is 93.4 Å². The summed E-state index contributed by atoms with van der Waals surface area (Å²) < 4.78 is 2.17. The molecule has 5 nitrogen and oxygen atoms in total. The lowest BCUT2D eigenvalue weighted by Crippen LogP contribution is -2.45. The third-order valence-corrected chi connectivity index (χ3v) is 6.53. The van der Waals surface area contributed by atoms with Crippen molar-refractivity contribution < 1.29 is 0 Å². The van der Waals surface area contributed by atoms with Gasteiger partial charge in [0.15, 0.2) is 0 Å². The minimum atomic E-state index is 0.0439. The number of pyridine rings is 1. The Labute approximate surface area is 201 Å². The largest absolute Gasteiger partial charge is 0.354 e. The maximum absolute atomic E-state index is 6.42. The van der Waals surface area contributed by atoms with Gasteiger partial charge in [0.2, 0.25) is 0 Å². The van der Waals surface area contributed by atoms with Crippen molar-refractivity contribution in [3.05, 3.63) is 58.4 Å². The first-order valence-corrected chi connectivity index (χ1v) is 12.4. The van der Waals surface area contributed by atoms with E-state index >= 15 is 0 Å². The van der Waals surface area contributed by atoms with Crippen LogP contribution in [0.5, 0.6) is 0 Å². The van der Waals surface area contributed by atoms with Crippen LogP contribution in [0.1, 0.15) is 61.3 Å². The van der Waals surface area contributed by atoms with Gasteiger partial charge in [0.25, 0.3) is 0 Å². The minimum Gasteiger partial charge on any atom is -0.354 e. The van der Waals surface area contributed by atoms with Gasteiger partial charge in [0, 0.05) is 61.6 Å². The van der Waals surface area contributed by atoms with E-state index in [0.717, 1.165) is 43.9 Å². The third-order valence-electron chi connectivity index (χ3n) is 6.53. The Morgan fingerprint density at radius 3 is 1.97 bits per heavy atom. The molecule has 3 aromatic rings. The van der Waals surface area contributed by atoms with Gasteiger partial charge in [-0.15, -0.1) is 0 Å². The zero-order chi connectivity index (χ0) is 24.7. The Balaban J connectivity index is 0.000000323. The molecule has 1 aliphatic rings. The Kier molecular flexibility index (Phi) is 9.93. The second kappa shape index (κ2) is 12.2. The zero-order valence-electron chi connectivity index (χ0n) is 22.4. The van der Waals surface area contributed by atoms with Crippen LogP contribution in [0.3, 0.4) is 0 Å². The summed E-state index contributed by atoms with van der Waals surface area (Å²) in [5, 5.41) is 1.21. The SMILES string of the molecule is CC.CCC(N)c1cc2cc(C)cc(C)c2nc1N1CCN(C)CC1.Cc1ccc(C)n1C. The molecule has 0 aliphatic carbocycles. The number of nitrogens with two attached hydrogens (primary N) is 1. The molecule has 1 unspecified atom stereocenters. The van der Waals surface area contributed by atoms with Gasteiger partial charge in [-0.25, -0.2) is 4.98 Å².